The van der Waals surface area contributed by atoms with Gasteiger partial charge >= 0.3 is 0 Å². The molecule has 1 aromatic carbocycles. The molecule has 2 N–H and O–H groups in total. The minimum absolute atomic E-state index is 0.563. The first kappa shape index (κ1) is 12.6. The molecule has 0 aromatic heterocycles. The van der Waals surface area contributed by atoms with Crippen molar-refractivity contribution in [2.45, 2.75) is 32.5 Å². The van der Waals surface area contributed by atoms with Gasteiger partial charge in [0.1, 0.15) is 0 Å². The van der Waals surface area contributed by atoms with Gasteiger partial charge in [0.15, 0.2) is 5.79 Å². The van der Waals surface area contributed by atoms with E-state index in [2.05, 4.69) is 32.0 Å². The second-order valence-corrected chi connectivity index (χ2v) is 4.66. The summed E-state index contributed by atoms with van der Waals surface area (Å²) >= 11 is 0. The summed E-state index contributed by atoms with van der Waals surface area (Å²) in [7, 11) is 0. The highest BCUT2D eigenvalue weighted by atomic mass is 16.7. The second-order valence-electron chi connectivity index (χ2n) is 4.66. The minimum Gasteiger partial charge on any atom is -0.346 e. The highest BCUT2D eigenvalue weighted by molar-refractivity contribution is 5.34. The van der Waals surface area contributed by atoms with Crippen LogP contribution >= 0.6 is 0 Å². The number of hydrogen-bond acceptors (Lipinski definition) is 3. The van der Waals surface area contributed by atoms with E-state index in [9.17, 15) is 0 Å². The van der Waals surface area contributed by atoms with E-state index in [0.29, 0.717) is 13.0 Å². The van der Waals surface area contributed by atoms with E-state index in [-0.39, 0.29) is 0 Å². The van der Waals surface area contributed by atoms with Crippen LogP contribution in [0.3, 0.4) is 0 Å². The standard InChI is InChI=1S/C14H21NO2/c1-11-4-5-12(2)13(10-11)14(6-7-15)16-8-3-9-17-14/h4-5,10H,3,6-9,15H2,1-2H3. The fraction of sp³-hybridized carbons (Fsp3) is 0.571. The fourth-order valence-corrected chi connectivity index (χ4v) is 2.35. The van der Waals surface area contributed by atoms with Crippen LogP contribution in [0.5, 0.6) is 0 Å². The molecule has 1 aliphatic rings. The zero-order chi connectivity index (χ0) is 12.3. The number of rotatable bonds is 3. The Morgan fingerprint density at radius 1 is 1.24 bits per heavy atom. The van der Waals surface area contributed by atoms with Gasteiger partial charge in [-0.15, -0.1) is 0 Å². The highest BCUT2D eigenvalue weighted by Crippen LogP contribution is 2.36. The summed E-state index contributed by atoms with van der Waals surface area (Å²) in [6, 6.07) is 6.37. The first-order valence-corrected chi connectivity index (χ1v) is 6.24. The summed E-state index contributed by atoms with van der Waals surface area (Å²) < 4.78 is 11.9. The van der Waals surface area contributed by atoms with Crippen LogP contribution in [-0.2, 0) is 15.3 Å². The van der Waals surface area contributed by atoms with Crippen molar-refractivity contribution in [3.8, 4) is 0 Å². The van der Waals surface area contributed by atoms with Gasteiger partial charge < -0.3 is 15.2 Å². The van der Waals surface area contributed by atoms with Gasteiger partial charge in [0, 0.05) is 12.0 Å². The number of hydrogen-bond donors (Lipinski definition) is 1. The maximum absolute atomic E-state index is 5.93. The van der Waals surface area contributed by atoms with Crippen molar-refractivity contribution in [2.24, 2.45) is 5.73 Å². The van der Waals surface area contributed by atoms with Gasteiger partial charge in [0.05, 0.1) is 13.2 Å². The van der Waals surface area contributed by atoms with Crippen LogP contribution in [0.25, 0.3) is 0 Å². The van der Waals surface area contributed by atoms with Crippen LogP contribution in [0, 0.1) is 13.8 Å². The molecule has 0 spiro atoms. The predicted molar refractivity (Wildman–Crippen MR) is 67.8 cm³/mol. The van der Waals surface area contributed by atoms with E-state index in [4.69, 9.17) is 15.2 Å². The molecule has 94 valence electrons. The highest BCUT2D eigenvalue weighted by Gasteiger charge is 2.37. The summed E-state index contributed by atoms with van der Waals surface area (Å²) in [5.41, 5.74) is 9.26. The lowest BCUT2D eigenvalue weighted by Gasteiger charge is -2.38. The topological polar surface area (TPSA) is 44.5 Å². The second kappa shape index (κ2) is 5.17. The van der Waals surface area contributed by atoms with Crippen LogP contribution in [0.2, 0.25) is 0 Å². The van der Waals surface area contributed by atoms with Gasteiger partial charge in [-0.2, -0.15) is 0 Å². The molecule has 3 heteroatoms. The average molecular weight is 235 g/mol. The van der Waals surface area contributed by atoms with E-state index in [1.807, 2.05) is 0 Å². The Hall–Kier alpha value is -0.900. The summed E-state index contributed by atoms with van der Waals surface area (Å²) in [6.07, 6.45) is 1.66. The molecule has 1 aliphatic heterocycles. The average Bonchev–Trinajstić information content (AvgIpc) is 2.34. The van der Waals surface area contributed by atoms with Crippen molar-refractivity contribution in [2.75, 3.05) is 19.8 Å². The monoisotopic (exact) mass is 235 g/mol. The van der Waals surface area contributed by atoms with Gasteiger partial charge in [-0.25, -0.2) is 0 Å². The maximum atomic E-state index is 5.93. The van der Waals surface area contributed by atoms with E-state index in [0.717, 1.165) is 25.2 Å². The van der Waals surface area contributed by atoms with Crippen LogP contribution in [-0.4, -0.2) is 19.8 Å². The molecule has 0 saturated carbocycles. The summed E-state index contributed by atoms with van der Waals surface area (Å²) in [5, 5.41) is 0. The molecular weight excluding hydrogens is 214 g/mol. The lowest BCUT2D eigenvalue weighted by molar-refractivity contribution is -0.278. The Bertz CT molecular complexity index is 378. The van der Waals surface area contributed by atoms with E-state index < -0.39 is 5.79 Å². The first-order valence-electron chi connectivity index (χ1n) is 6.24. The molecule has 1 heterocycles. The molecule has 1 aromatic rings. The molecule has 2 rings (SSSR count). The summed E-state index contributed by atoms with van der Waals surface area (Å²) in [6.45, 7) is 6.23. The van der Waals surface area contributed by atoms with Gasteiger partial charge in [-0.3, -0.25) is 0 Å². The quantitative estimate of drug-likeness (QED) is 0.874. The third-order valence-electron chi connectivity index (χ3n) is 3.24. The molecule has 0 radical (unpaired) electrons. The lowest BCUT2D eigenvalue weighted by atomic mass is 9.94. The molecular formula is C14H21NO2. The molecule has 0 atom stereocenters. The van der Waals surface area contributed by atoms with Crippen molar-refractivity contribution in [1.82, 2.24) is 0 Å². The zero-order valence-corrected chi connectivity index (χ0v) is 10.7. The lowest BCUT2D eigenvalue weighted by Crippen LogP contribution is -2.40. The normalized spacial score (nSPS) is 19.2. The molecule has 17 heavy (non-hydrogen) atoms. The molecule has 1 fully saturated rings. The Morgan fingerprint density at radius 2 is 1.94 bits per heavy atom. The SMILES string of the molecule is Cc1ccc(C)c(C2(CCN)OCCCO2)c1. The van der Waals surface area contributed by atoms with Crippen LogP contribution in [0.4, 0.5) is 0 Å². The third-order valence-corrected chi connectivity index (χ3v) is 3.24. The summed E-state index contributed by atoms with van der Waals surface area (Å²) in [5.74, 6) is -0.622. The van der Waals surface area contributed by atoms with Crippen LogP contribution < -0.4 is 5.73 Å². The van der Waals surface area contributed by atoms with Gasteiger partial charge in [-0.05, 0) is 32.4 Å². The maximum Gasteiger partial charge on any atom is 0.196 e. The van der Waals surface area contributed by atoms with Crippen molar-refractivity contribution < 1.29 is 9.47 Å². The molecule has 0 amide bonds. The van der Waals surface area contributed by atoms with Crippen molar-refractivity contribution in [1.29, 1.82) is 0 Å². The molecule has 0 aliphatic carbocycles. The molecule has 0 unspecified atom stereocenters. The van der Waals surface area contributed by atoms with Gasteiger partial charge in [0.2, 0.25) is 0 Å². The number of ether oxygens (including phenoxy) is 2. The van der Waals surface area contributed by atoms with Crippen LogP contribution in [0.1, 0.15) is 29.5 Å². The zero-order valence-electron chi connectivity index (χ0n) is 10.7. The largest absolute Gasteiger partial charge is 0.346 e. The van der Waals surface area contributed by atoms with Crippen LogP contribution in [0.15, 0.2) is 18.2 Å². The molecule has 1 saturated heterocycles. The number of nitrogens with two attached hydrogens (primary N) is 1. The van der Waals surface area contributed by atoms with Crippen molar-refractivity contribution in [3.63, 3.8) is 0 Å². The Balaban J connectivity index is 2.40. The Labute approximate surface area is 103 Å². The summed E-state index contributed by atoms with van der Waals surface area (Å²) in [4.78, 5) is 0. The molecule has 3 nitrogen and oxygen atoms in total. The third kappa shape index (κ3) is 2.51. The minimum atomic E-state index is -0.622. The van der Waals surface area contributed by atoms with Gasteiger partial charge in [-0.1, -0.05) is 23.8 Å². The number of aryl methyl sites for hydroxylation is 2. The first-order chi connectivity index (χ1) is 8.18. The molecule has 0 bridgehead atoms. The Kier molecular flexibility index (Phi) is 3.82. The predicted octanol–water partition coefficient (Wildman–Crippen LogP) is 2.24. The van der Waals surface area contributed by atoms with E-state index >= 15 is 0 Å². The number of benzene rings is 1. The van der Waals surface area contributed by atoms with E-state index in [1.54, 1.807) is 0 Å². The van der Waals surface area contributed by atoms with Gasteiger partial charge in [0.25, 0.3) is 0 Å². The smallest absolute Gasteiger partial charge is 0.196 e. The van der Waals surface area contributed by atoms with Crippen molar-refractivity contribution >= 4 is 0 Å². The van der Waals surface area contributed by atoms with E-state index in [1.165, 1.54) is 11.1 Å². The van der Waals surface area contributed by atoms with Crippen molar-refractivity contribution in [3.05, 3.63) is 34.9 Å². The Morgan fingerprint density at radius 3 is 2.59 bits per heavy atom. The fourth-order valence-electron chi connectivity index (χ4n) is 2.35.